The molecule has 0 radical (unpaired) electrons. The monoisotopic (exact) mass is 623 g/mol. The SMILES string of the molecule is CCCCCCCCCCCCCCOC(C)C([NH2+]CC(O)O)OCCCCCCCCCCCCCC.[Br-]. The highest BCUT2D eigenvalue weighted by atomic mass is 79.9. The first kappa shape index (κ1) is 41.4. The lowest BCUT2D eigenvalue weighted by Crippen LogP contribution is -3.00. The van der Waals surface area contributed by atoms with Gasteiger partial charge in [0.2, 0.25) is 12.5 Å². The second-order valence-electron chi connectivity index (χ2n) is 11.6. The molecule has 0 saturated heterocycles. The van der Waals surface area contributed by atoms with Crippen molar-refractivity contribution in [1.29, 1.82) is 0 Å². The fourth-order valence-corrected chi connectivity index (χ4v) is 5.12. The topological polar surface area (TPSA) is 75.5 Å². The minimum Gasteiger partial charge on any atom is -1.00 e. The van der Waals surface area contributed by atoms with Gasteiger partial charge in [0.15, 0.2) is 0 Å². The van der Waals surface area contributed by atoms with Crippen molar-refractivity contribution < 1.29 is 42.0 Å². The minimum absolute atomic E-state index is 0. The van der Waals surface area contributed by atoms with Gasteiger partial charge in [-0.15, -0.1) is 0 Å². The molecule has 0 amide bonds. The normalized spacial score (nSPS) is 13.1. The van der Waals surface area contributed by atoms with E-state index in [0.29, 0.717) is 6.61 Å². The van der Waals surface area contributed by atoms with Gasteiger partial charge in [0.1, 0.15) is 12.6 Å². The highest BCUT2D eigenvalue weighted by molar-refractivity contribution is 4.56. The summed E-state index contributed by atoms with van der Waals surface area (Å²) in [7, 11) is 0. The number of unbranched alkanes of at least 4 members (excludes halogenated alkanes) is 22. The van der Waals surface area contributed by atoms with Gasteiger partial charge >= 0.3 is 0 Å². The second kappa shape index (κ2) is 34.5. The first-order valence-corrected chi connectivity index (χ1v) is 17.0. The quantitative estimate of drug-likeness (QED) is 0.0727. The molecule has 6 heteroatoms. The Balaban J connectivity index is 0. The number of nitrogens with two attached hydrogens (primary N) is 1. The standard InChI is InChI=1S/C33H69NO4.BrH/c1-4-6-8-10-12-14-16-18-20-22-24-26-28-37-31(3)33(34-30-32(35)36)38-29-27-25-23-21-19-17-15-13-11-9-7-5-2;/h31-36H,4-30H2,1-3H3;1H. The molecule has 0 aliphatic carbocycles. The number of hydrogen-bond donors (Lipinski definition) is 3. The van der Waals surface area contributed by atoms with Crippen LogP contribution in [-0.4, -0.2) is 48.6 Å². The lowest BCUT2D eigenvalue weighted by Gasteiger charge is -2.23. The van der Waals surface area contributed by atoms with E-state index in [1.54, 1.807) is 0 Å². The Labute approximate surface area is 254 Å². The van der Waals surface area contributed by atoms with E-state index in [1.807, 2.05) is 12.2 Å². The summed E-state index contributed by atoms with van der Waals surface area (Å²) in [5.74, 6) is 0. The number of halogens is 1. The van der Waals surface area contributed by atoms with E-state index in [-0.39, 0.29) is 35.9 Å². The van der Waals surface area contributed by atoms with Gasteiger partial charge in [0.25, 0.3) is 0 Å². The van der Waals surface area contributed by atoms with Crippen LogP contribution in [0.4, 0.5) is 0 Å². The summed E-state index contributed by atoms with van der Waals surface area (Å²) < 4.78 is 12.2. The van der Waals surface area contributed by atoms with Gasteiger partial charge in [0.05, 0.1) is 6.61 Å². The van der Waals surface area contributed by atoms with Crippen LogP contribution in [0, 0.1) is 0 Å². The van der Waals surface area contributed by atoms with Crippen molar-refractivity contribution in [3.63, 3.8) is 0 Å². The third-order valence-corrected chi connectivity index (χ3v) is 7.73. The Hall–Kier alpha value is 0.280. The van der Waals surface area contributed by atoms with Gasteiger partial charge in [-0.2, -0.15) is 0 Å². The Morgan fingerprint density at radius 1 is 0.487 bits per heavy atom. The van der Waals surface area contributed by atoms with E-state index in [2.05, 4.69) is 13.8 Å². The number of quaternary nitrogens is 1. The predicted molar refractivity (Wildman–Crippen MR) is 162 cm³/mol. The van der Waals surface area contributed by atoms with Crippen molar-refractivity contribution in [2.75, 3.05) is 19.8 Å². The van der Waals surface area contributed by atoms with Gasteiger partial charge in [-0.05, 0) is 19.8 Å². The molecule has 0 bridgehead atoms. The molecule has 4 N–H and O–H groups in total. The van der Waals surface area contributed by atoms with E-state index in [1.165, 1.54) is 141 Å². The first-order valence-electron chi connectivity index (χ1n) is 17.0. The lowest BCUT2D eigenvalue weighted by atomic mass is 10.1. The summed E-state index contributed by atoms with van der Waals surface area (Å²) in [6.07, 6.45) is 30.6. The molecule has 0 aromatic rings. The van der Waals surface area contributed by atoms with Gasteiger partial charge in [-0.25, -0.2) is 0 Å². The molecule has 238 valence electrons. The summed E-state index contributed by atoms with van der Waals surface area (Å²) in [6.45, 7) is 8.29. The molecule has 39 heavy (non-hydrogen) atoms. The second-order valence-corrected chi connectivity index (χ2v) is 11.6. The molecule has 0 aliphatic heterocycles. The van der Waals surface area contributed by atoms with Crippen LogP contribution < -0.4 is 22.3 Å². The molecule has 0 aromatic heterocycles. The summed E-state index contributed by atoms with van der Waals surface area (Å²) in [6, 6.07) is 0. The van der Waals surface area contributed by atoms with Crippen molar-refractivity contribution in [2.45, 2.75) is 193 Å². The van der Waals surface area contributed by atoms with Crippen LogP contribution in [0.15, 0.2) is 0 Å². The summed E-state index contributed by atoms with van der Waals surface area (Å²) in [5.41, 5.74) is 0. The van der Waals surface area contributed by atoms with Gasteiger partial charge in [-0.3, -0.25) is 0 Å². The number of aliphatic hydroxyl groups is 2. The van der Waals surface area contributed by atoms with Crippen LogP contribution in [0.25, 0.3) is 0 Å². The van der Waals surface area contributed by atoms with Gasteiger partial charge in [-0.1, -0.05) is 155 Å². The average molecular weight is 625 g/mol. The van der Waals surface area contributed by atoms with E-state index in [4.69, 9.17) is 9.47 Å². The Morgan fingerprint density at radius 2 is 0.795 bits per heavy atom. The molecule has 2 atom stereocenters. The molecule has 0 aliphatic rings. The van der Waals surface area contributed by atoms with Crippen LogP contribution in [0.5, 0.6) is 0 Å². The average Bonchev–Trinajstić information content (AvgIpc) is 2.90. The third kappa shape index (κ3) is 32.7. The maximum absolute atomic E-state index is 9.29. The number of ether oxygens (including phenoxy) is 2. The van der Waals surface area contributed by atoms with Crippen molar-refractivity contribution in [3.8, 4) is 0 Å². The van der Waals surface area contributed by atoms with E-state index in [9.17, 15) is 10.2 Å². The molecule has 0 rings (SSSR count). The Kier molecular flexibility index (Phi) is 36.6. The predicted octanol–water partition coefficient (Wildman–Crippen LogP) is 5.01. The fourth-order valence-electron chi connectivity index (χ4n) is 5.12. The zero-order valence-electron chi connectivity index (χ0n) is 26.5. The summed E-state index contributed by atoms with van der Waals surface area (Å²) >= 11 is 0. The van der Waals surface area contributed by atoms with Gasteiger partial charge in [0, 0.05) is 6.61 Å². The molecule has 0 fully saturated rings. The third-order valence-electron chi connectivity index (χ3n) is 7.73. The smallest absolute Gasteiger partial charge is 0.216 e. The van der Waals surface area contributed by atoms with E-state index < -0.39 is 6.29 Å². The molecule has 0 heterocycles. The lowest BCUT2D eigenvalue weighted by molar-refractivity contribution is -0.743. The first-order chi connectivity index (χ1) is 18.6. The highest BCUT2D eigenvalue weighted by Crippen LogP contribution is 2.13. The number of hydrogen-bond acceptors (Lipinski definition) is 4. The molecular formula is C33H70BrNO4. The summed E-state index contributed by atoms with van der Waals surface area (Å²) in [4.78, 5) is 0. The molecule has 2 unspecified atom stereocenters. The van der Waals surface area contributed by atoms with Crippen LogP contribution >= 0.6 is 0 Å². The minimum atomic E-state index is -1.32. The zero-order chi connectivity index (χ0) is 27.9. The molecule has 5 nitrogen and oxygen atoms in total. The zero-order valence-corrected chi connectivity index (χ0v) is 28.1. The Morgan fingerprint density at radius 3 is 1.13 bits per heavy atom. The largest absolute Gasteiger partial charge is 1.00 e. The molecule has 0 spiro atoms. The Bertz CT molecular complexity index is 442. The van der Waals surface area contributed by atoms with Crippen LogP contribution in [0.3, 0.4) is 0 Å². The van der Waals surface area contributed by atoms with Crippen LogP contribution in [0.2, 0.25) is 0 Å². The molecule has 0 aromatic carbocycles. The highest BCUT2D eigenvalue weighted by Gasteiger charge is 2.22. The molecular weight excluding hydrogens is 554 g/mol. The maximum atomic E-state index is 9.29. The maximum Gasteiger partial charge on any atom is 0.216 e. The fraction of sp³-hybridized carbons (Fsp3) is 1.00. The van der Waals surface area contributed by atoms with Crippen molar-refractivity contribution in [1.82, 2.24) is 0 Å². The van der Waals surface area contributed by atoms with Crippen molar-refractivity contribution in [3.05, 3.63) is 0 Å². The van der Waals surface area contributed by atoms with E-state index >= 15 is 0 Å². The van der Waals surface area contributed by atoms with Crippen LogP contribution in [-0.2, 0) is 9.47 Å². The van der Waals surface area contributed by atoms with Crippen LogP contribution in [0.1, 0.15) is 175 Å². The van der Waals surface area contributed by atoms with E-state index in [0.717, 1.165) is 19.4 Å². The van der Waals surface area contributed by atoms with Gasteiger partial charge < -0.3 is 42.0 Å². The molecule has 0 saturated carbocycles. The van der Waals surface area contributed by atoms with Crippen molar-refractivity contribution in [2.24, 2.45) is 0 Å². The number of aliphatic hydroxyl groups excluding tert-OH is 1. The van der Waals surface area contributed by atoms with Crippen molar-refractivity contribution >= 4 is 0 Å². The summed E-state index contributed by atoms with van der Waals surface area (Å²) in [5, 5.41) is 20.5. The number of rotatable bonds is 32.